The van der Waals surface area contributed by atoms with Crippen molar-refractivity contribution in [2.24, 2.45) is 5.92 Å². The van der Waals surface area contributed by atoms with Crippen molar-refractivity contribution >= 4 is 0 Å². The number of hydrogen-bond donors (Lipinski definition) is 1. The number of ether oxygens (including phenoxy) is 1. The number of halogens is 2. The first kappa shape index (κ1) is 16.8. The van der Waals surface area contributed by atoms with Crippen LogP contribution in [0.1, 0.15) is 45.1 Å². The van der Waals surface area contributed by atoms with Crippen molar-refractivity contribution in [3.63, 3.8) is 0 Å². The molecule has 0 amide bonds. The van der Waals surface area contributed by atoms with Crippen LogP contribution >= 0.6 is 0 Å². The molecule has 0 radical (unpaired) electrons. The Morgan fingerprint density at radius 2 is 1.95 bits per heavy atom. The highest BCUT2D eigenvalue weighted by molar-refractivity contribution is 5.25. The second-order valence-corrected chi connectivity index (χ2v) is 5.42. The molecule has 0 aromatic carbocycles. The fourth-order valence-electron chi connectivity index (χ4n) is 1.58. The Hall–Kier alpha value is -1.30. The van der Waals surface area contributed by atoms with Gasteiger partial charge in [0.2, 0.25) is 0 Å². The van der Waals surface area contributed by atoms with Crippen molar-refractivity contribution in [3.8, 4) is 5.75 Å². The summed E-state index contributed by atoms with van der Waals surface area (Å²) in [5.41, 5.74) is 0.630. The number of nitrogens with one attached hydrogen (secondary N) is 1. The summed E-state index contributed by atoms with van der Waals surface area (Å²) < 4.78 is 29.5. The third-order valence-corrected chi connectivity index (χ3v) is 2.57. The molecule has 114 valence electrons. The summed E-state index contributed by atoms with van der Waals surface area (Å²) in [5, 5.41) is 3.24. The van der Waals surface area contributed by atoms with Crippen LogP contribution in [0.3, 0.4) is 0 Å². The lowest BCUT2D eigenvalue weighted by Crippen LogP contribution is -2.21. The highest BCUT2D eigenvalue weighted by atomic mass is 19.3. The third-order valence-electron chi connectivity index (χ3n) is 2.57. The Labute approximate surface area is 119 Å². The van der Waals surface area contributed by atoms with Crippen molar-refractivity contribution < 1.29 is 13.5 Å². The van der Waals surface area contributed by atoms with E-state index >= 15 is 0 Å². The van der Waals surface area contributed by atoms with Crippen LogP contribution in [0.5, 0.6) is 5.75 Å². The average Bonchev–Trinajstić information content (AvgIpc) is 2.36. The highest BCUT2D eigenvalue weighted by Gasteiger charge is 2.13. The quantitative estimate of drug-likeness (QED) is 0.798. The van der Waals surface area contributed by atoms with Gasteiger partial charge in [-0.15, -0.1) is 0 Å². The second kappa shape index (κ2) is 8.09. The van der Waals surface area contributed by atoms with Gasteiger partial charge in [-0.2, -0.15) is 0 Å². The molecule has 1 aromatic heterocycles. The van der Waals surface area contributed by atoms with Gasteiger partial charge in [0, 0.05) is 12.5 Å². The zero-order valence-electron chi connectivity index (χ0n) is 12.5. The molecule has 4 nitrogen and oxygen atoms in total. The molecule has 0 aliphatic heterocycles. The predicted octanol–water partition coefficient (Wildman–Crippen LogP) is 2.99. The summed E-state index contributed by atoms with van der Waals surface area (Å²) in [7, 11) is 0. The van der Waals surface area contributed by atoms with Gasteiger partial charge in [0.25, 0.3) is 6.43 Å². The minimum absolute atomic E-state index is 0.183. The van der Waals surface area contributed by atoms with Gasteiger partial charge in [-0.25, -0.2) is 18.7 Å². The van der Waals surface area contributed by atoms with Crippen LogP contribution in [0, 0.1) is 5.92 Å². The summed E-state index contributed by atoms with van der Waals surface area (Å²) in [6, 6.07) is 0. The SMILES string of the molecule is CC(C)CNCc1nc(C(C)C)ncc1OCC(F)F. The number of hydrogen-bond acceptors (Lipinski definition) is 4. The zero-order valence-corrected chi connectivity index (χ0v) is 12.5. The number of rotatable bonds is 8. The topological polar surface area (TPSA) is 47.0 Å². The molecule has 0 saturated heterocycles. The fourth-order valence-corrected chi connectivity index (χ4v) is 1.58. The molecular formula is C14H23F2N3O. The van der Waals surface area contributed by atoms with Gasteiger partial charge in [0.05, 0.1) is 11.9 Å². The van der Waals surface area contributed by atoms with E-state index in [9.17, 15) is 8.78 Å². The Balaban J connectivity index is 2.79. The molecule has 0 bridgehead atoms. The maximum absolute atomic E-state index is 12.2. The van der Waals surface area contributed by atoms with Gasteiger partial charge in [-0.1, -0.05) is 27.7 Å². The van der Waals surface area contributed by atoms with Crippen molar-refractivity contribution in [3.05, 3.63) is 17.7 Å². The third kappa shape index (κ3) is 5.77. The normalized spacial score (nSPS) is 11.7. The van der Waals surface area contributed by atoms with E-state index in [0.717, 1.165) is 6.54 Å². The first-order valence-corrected chi connectivity index (χ1v) is 6.87. The molecule has 0 aliphatic rings. The van der Waals surface area contributed by atoms with Crippen LogP contribution in [0.4, 0.5) is 8.78 Å². The summed E-state index contributed by atoms with van der Waals surface area (Å²) in [4.78, 5) is 8.55. The van der Waals surface area contributed by atoms with E-state index in [-0.39, 0.29) is 5.92 Å². The van der Waals surface area contributed by atoms with Crippen LogP contribution in [0.25, 0.3) is 0 Å². The van der Waals surface area contributed by atoms with Gasteiger partial charge in [0.1, 0.15) is 12.4 Å². The zero-order chi connectivity index (χ0) is 15.1. The molecule has 0 unspecified atom stereocenters. The Morgan fingerprint density at radius 1 is 1.25 bits per heavy atom. The predicted molar refractivity (Wildman–Crippen MR) is 74.2 cm³/mol. The molecular weight excluding hydrogens is 264 g/mol. The largest absolute Gasteiger partial charge is 0.484 e. The Kier molecular flexibility index (Phi) is 6.78. The molecule has 6 heteroatoms. The van der Waals surface area contributed by atoms with Crippen LogP contribution in [-0.2, 0) is 6.54 Å². The molecule has 1 rings (SSSR count). The molecule has 1 N–H and O–H groups in total. The van der Waals surface area contributed by atoms with E-state index in [2.05, 4.69) is 29.1 Å². The number of nitrogens with zero attached hydrogens (tertiary/aromatic N) is 2. The van der Waals surface area contributed by atoms with Crippen molar-refractivity contribution in [1.29, 1.82) is 0 Å². The molecule has 1 heterocycles. The van der Waals surface area contributed by atoms with E-state index in [1.54, 1.807) is 0 Å². The average molecular weight is 287 g/mol. The van der Waals surface area contributed by atoms with Crippen LogP contribution in [0.15, 0.2) is 6.20 Å². The maximum Gasteiger partial charge on any atom is 0.272 e. The van der Waals surface area contributed by atoms with Crippen molar-refractivity contribution in [1.82, 2.24) is 15.3 Å². The van der Waals surface area contributed by atoms with Gasteiger partial charge in [-0.3, -0.25) is 0 Å². The number of aromatic nitrogens is 2. The molecule has 0 atom stereocenters. The fraction of sp³-hybridized carbons (Fsp3) is 0.714. The van der Waals surface area contributed by atoms with E-state index in [1.807, 2.05) is 13.8 Å². The van der Waals surface area contributed by atoms with E-state index < -0.39 is 13.0 Å². The molecule has 0 spiro atoms. The minimum Gasteiger partial charge on any atom is -0.484 e. The Bertz CT molecular complexity index is 411. The molecule has 0 aliphatic carbocycles. The maximum atomic E-state index is 12.2. The number of alkyl halides is 2. The lowest BCUT2D eigenvalue weighted by atomic mass is 10.2. The molecule has 1 aromatic rings. The summed E-state index contributed by atoms with van der Waals surface area (Å²) >= 11 is 0. The second-order valence-electron chi connectivity index (χ2n) is 5.42. The smallest absolute Gasteiger partial charge is 0.272 e. The van der Waals surface area contributed by atoms with Gasteiger partial charge in [0.15, 0.2) is 5.75 Å². The standard InChI is InChI=1S/C14H23F2N3O/c1-9(2)5-17-6-11-12(20-8-13(15)16)7-18-14(19-11)10(3)4/h7,9-10,13,17H,5-6,8H2,1-4H3. The summed E-state index contributed by atoms with van der Waals surface area (Å²) in [5.74, 6) is 1.71. The van der Waals surface area contributed by atoms with Gasteiger partial charge in [-0.05, 0) is 12.5 Å². The molecule has 0 saturated carbocycles. The lowest BCUT2D eigenvalue weighted by molar-refractivity contribution is 0.0808. The summed E-state index contributed by atoms with van der Waals surface area (Å²) in [6.07, 6.45) is -1.02. The van der Waals surface area contributed by atoms with Crippen LogP contribution in [0.2, 0.25) is 0 Å². The van der Waals surface area contributed by atoms with E-state index in [4.69, 9.17) is 4.74 Å². The van der Waals surface area contributed by atoms with E-state index in [0.29, 0.717) is 29.7 Å². The Morgan fingerprint density at radius 3 is 2.50 bits per heavy atom. The lowest BCUT2D eigenvalue weighted by Gasteiger charge is -2.14. The highest BCUT2D eigenvalue weighted by Crippen LogP contribution is 2.19. The first-order valence-electron chi connectivity index (χ1n) is 6.87. The van der Waals surface area contributed by atoms with Crippen molar-refractivity contribution in [2.75, 3.05) is 13.2 Å². The minimum atomic E-state index is -2.50. The first-order chi connectivity index (χ1) is 9.40. The van der Waals surface area contributed by atoms with E-state index in [1.165, 1.54) is 6.20 Å². The van der Waals surface area contributed by atoms with Crippen molar-refractivity contribution in [2.45, 2.75) is 46.6 Å². The molecule has 0 fully saturated rings. The summed E-state index contributed by atoms with van der Waals surface area (Å²) in [6.45, 7) is 8.85. The van der Waals surface area contributed by atoms with Crippen LogP contribution in [-0.4, -0.2) is 29.5 Å². The molecule has 20 heavy (non-hydrogen) atoms. The monoisotopic (exact) mass is 287 g/mol. The van der Waals surface area contributed by atoms with Gasteiger partial charge < -0.3 is 10.1 Å². The van der Waals surface area contributed by atoms with Crippen LogP contribution < -0.4 is 10.1 Å². The van der Waals surface area contributed by atoms with Gasteiger partial charge >= 0.3 is 0 Å².